The van der Waals surface area contributed by atoms with E-state index >= 15 is 0 Å². The molecule has 1 N–H and O–H groups in total. The highest BCUT2D eigenvalue weighted by atomic mass is 19.4. The normalized spacial score (nSPS) is 16.4. The van der Waals surface area contributed by atoms with Crippen molar-refractivity contribution >= 4 is 23.4 Å². The van der Waals surface area contributed by atoms with Crippen molar-refractivity contribution in [1.82, 2.24) is 0 Å². The van der Waals surface area contributed by atoms with E-state index in [1.54, 1.807) is 39.0 Å². The van der Waals surface area contributed by atoms with Crippen LogP contribution in [-0.2, 0) is 28.3 Å². The number of amides is 2. The van der Waals surface area contributed by atoms with Crippen molar-refractivity contribution in [2.24, 2.45) is 0 Å². The minimum Gasteiger partial charge on any atom is -0.443 e. The highest BCUT2D eigenvalue weighted by Crippen LogP contribution is 2.40. The number of para-hydroxylation sites is 1. The van der Waals surface area contributed by atoms with E-state index in [9.17, 15) is 35.9 Å². The fourth-order valence-corrected chi connectivity index (χ4v) is 3.42. The molecule has 3 rings (SSSR count). The van der Waals surface area contributed by atoms with Crippen LogP contribution in [0, 0.1) is 0 Å². The van der Waals surface area contributed by atoms with Crippen molar-refractivity contribution < 1.29 is 40.7 Å². The van der Waals surface area contributed by atoms with E-state index in [1.165, 1.54) is 6.07 Å². The monoisotopic (exact) mass is 474 g/mol. The predicted octanol–water partition coefficient (Wildman–Crippen LogP) is 6.03. The van der Waals surface area contributed by atoms with E-state index in [0.717, 1.165) is 4.90 Å². The van der Waals surface area contributed by atoms with Gasteiger partial charge in [-0.1, -0.05) is 18.2 Å². The maximum atomic E-state index is 13.4. The highest BCUT2D eigenvalue weighted by Gasteiger charge is 2.42. The summed E-state index contributed by atoms with van der Waals surface area (Å²) < 4.78 is 84.7. The number of carbonyl (C=O) groups is 2. The summed E-state index contributed by atoms with van der Waals surface area (Å²) in [5.41, 5.74) is -3.90. The zero-order valence-corrected chi connectivity index (χ0v) is 17.8. The third-order valence-electron chi connectivity index (χ3n) is 4.78. The fourth-order valence-electron chi connectivity index (χ4n) is 3.42. The van der Waals surface area contributed by atoms with Crippen molar-refractivity contribution in [3.8, 4) is 0 Å². The zero-order chi connectivity index (χ0) is 24.8. The Morgan fingerprint density at radius 1 is 0.970 bits per heavy atom. The number of hydrogen-bond donors (Lipinski definition) is 1. The molecule has 2 aromatic rings. The molecule has 0 aliphatic carbocycles. The van der Waals surface area contributed by atoms with Crippen molar-refractivity contribution in [1.29, 1.82) is 0 Å². The highest BCUT2D eigenvalue weighted by molar-refractivity contribution is 6.05. The topological polar surface area (TPSA) is 58.6 Å². The first-order valence-electron chi connectivity index (χ1n) is 9.77. The molecule has 1 aliphatic heterocycles. The van der Waals surface area contributed by atoms with E-state index in [2.05, 4.69) is 0 Å². The van der Waals surface area contributed by atoms with Gasteiger partial charge in [0.1, 0.15) is 11.6 Å². The van der Waals surface area contributed by atoms with Crippen molar-refractivity contribution in [3.63, 3.8) is 0 Å². The van der Waals surface area contributed by atoms with E-state index in [4.69, 9.17) is 4.74 Å². The average molecular weight is 474 g/mol. The van der Waals surface area contributed by atoms with Gasteiger partial charge in [-0.05, 0) is 50.6 Å². The van der Waals surface area contributed by atoms with Gasteiger partial charge in [-0.2, -0.15) is 26.3 Å². The fraction of sp³-hybridized carbons (Fsp3) is 0.364. The van der Waals surface area contributed by atoms with E-state index < -0.39 is 52.8 Å². The Hall–Kier alpha value is -3.24. The maximum Gasteiger partial charge on any atom is 0.418 e. The number of nitrogens with one attached hydrogen (secondary N) is 1. The molecule has 0 fully saturated rings. The van der Waals surface area contributed by atoms with Gasteiger partial charge in [0.05, 0.1) is 22.5 Å². The third kappa shape index (κ3) is 5.40. The molecule has 33 heavy (non-hydrogen) atoms. The summed E-state index contributed by atoms with van der Waals surface area (Å²) in [6.07, 6.45) is -10.9. The number of benzene rings is 2. The molecule has 0 saturated carbocycles. The Morgan fingerprint density at radius 2 is 1.61 bits per heavy atom. The molecule has 11 heteroatoms. The second-order valence-electron chi connectivity index (χ2n) is 8.44. The molecule has 0 aromatic heterocycles. The molecule has 0 spiro atoms. The lowest BCUT2D eigenvalue weighted by Gasteiger charge is -2.29. The summed E-state index contributed by atoms with van der Waals surface area (Å²) in [7, 11) is 0. The molecule has 1 atom stereocenters. The lowest BCUT2D eigenvalue weighted by atomic mass is 10.1. The van der Waals surface area contributed by atoms with Crippen molar-refractivity contribution in [3.05, 3.63) is 59.2 Å². The molecule has 0 radical (unpaired) electrons. The Balaban J connectivity index is 1.98. The third-order valence-corrected chi connectivity index (χ3v) is 4.78. The number of anilines is 2. The first kappa shape index (κ1) is 24.4. The quantitative estimate of drug-likeness (QED) is 0.541. The SMILES string of the molecule is CC(C)(C)OC(=O)N1c2ccccc2CC1C(=O)Nc1cc(C(F)(F)F)ccc1C(F)(F)F. The summed E-state index contributed by atoms with van der Waals surface area (Å²) in [6.45, 7) is 4.79. The van der Waals surface area contributed by atoms with Gasteiger partial charge in [-0.3, -0.25) is 9.69 Å². The molecule has 2 aromatic carbocycles. The summed E-state index contributed by atoms with van der Waals surface area (Å²) >= 11 is 0. The zero-order valence-electron chi connectivity index (χ0n) is 17.8. The summed E-state index contributed by atoms with van der Waals surface area (Å²) in [5, 5.41) is 1.95. The summed E-state index contributed by atoms with van der Waals surface area (Å²) in [4.78, 5) is 26.8. The Morgan fingerprint density at radius 3 is 2.18 bits per heavy atom. The molecule has 5 nitrogen and oxygen atoms in total. The van der Waals surface area contributed by atoms with Crippen molar-refractivity contribution in [2.75, 3.05) is 10.2 Å². The summed E-state index contributed by atoms with van der Waals surface area (Å²) in [5.74, 6) is -1.08. The number of ether oxygens (including phenoxy) is 1. The lowest BCUT2D eigenvalue weighted by Crippen LogP contribution is -2.47. The first-order valence-corrected chi connectivity index (χ1v) is 9.77. The molecular weight excluding hydrogens is 454 g/mol. The van der Waals surface area contributed by atoms with Gasteiger partial charge in [0.15, 0.2) is 0 Å². The smallest absolute Gasteiger partial charge is 0.418 e. The maximum absolute atomic E-state index is 13.4. The molecular formula is C22H20F6N2O3. The Labute approximate surface area is 185 Å². The number of nitrogens with zero attached hydrogens (tertiary/aromatic N) is 1. The average Bonchev–Trinajstić information content (AvgIpc) is 3.05. The van der Waals surface area contributed by atoms with Crippen molar-refractivity contribution in [2.45, 2.75) is 51.2 Å². The predicted molar refractivity (Wildman–Crippen MR) is 108 cm³/mol. The van der Waals surface area contributed by atoms with Crippen LogP contribution in [0.2, 0.25) is 0 Å². The van der Waals surface area contributed by atoms with E-state index in [0.29, 0.717) is 11.3 Å². The molecule has 1 heterocycles. The first-order chi connectivity index (χ1) is 15.1. The molecule has 1 unspecified atom stereocenters. The second kappa shape index (κ2) is 8.27. The van der Waals surface area contributed by atoms with E-state index in [1.807, 2.05) is 5.32 Å². The van der Waals surface area contributed by atoms with Gasteiger partial charge in [0.25, 0.3) is 0 Å². The van der Waals surface area contributed by atoms with Crippen LogP contribution in [0.3, 0.4) is 0 Å². The molecule has 0 saturated heterocycles. The lowest BCUT2D eigenvalue weighted by molar-refractivity contribution is -0.141. The van der Waals surface area contributed by atoms with Gasteiger partial charge >= 0.3 is 18.4 Å². The van der Waals surface area contributed by atoms with Crippen LogP contribution >= 0.6 is 0 Å². The number of halogens is 6. The minimum atomic E-state index is -5.02. The molecule has 178 valence electrons. The van der Waals surface area contributed by atoms with Gasteiger partial charge in [-0.15, -0.1) is 0 Å². The minimum absolute atomic E-state index is 0.0540. The Bertz CT molecular complexity index is 1070. The van der Waals surface area contributed by atoms with Crippen LogP contribution < -0.4 is 10.2 Å². The van der Waals surface area contributed by atoms with Gasteiger partial charge in [0.2, 0.25) is 5.91 Å². The van der Waals surface area contributed by atoms with Crippen LogP contribution in [0.5, 0.6) is 0 Å². The molecule has 2 amide bonds. The number of alkyl halides is 6. The standard InChI is InChI=1S/C22H20F6N2O3/c1-20(2,3)33-19(32)30-16-7-5-4-6-12(16)10-17(30)18(31)29-15-11-13(21(23,24)25)8-9-14(15)22(26,27)28/h4-9,11,17H,10H2,1-3H3,(H,29,31). The van der Waals surface area contributed by atoms with Crippen LogP contribution in [0.15, 0.2) is 42.5 Å². The number of carbonyl (C=O) groups excluding carboxylic acids is 2. The molecule has 0 bridgehead atoms. The van der Waals surface area contributed by atoms with Crippen LogP contribution in [0.25, 0.3) is 0 Å². The van der Waals surface area contributed by atoms with Crippen LogP contribution in [-0.4, -0.2) is 23.6 Å². The van der Waals surface area contributed by atoms with Gasteiger partial charge in [-0.25, -0.2) is 4.79 Å². The second-order valence-corrected chi connectivity index (χ2v) is 8.44. The largest absolute Gasteiger partial charge is 0.443 e. The van der Waals surface area contributed by atoms with E-state index in [-0.39, 0.29) is 24.6 Å². The Kier molecular flexibility index (Phi) is 6.12. The van der Waals surface area contributed by atoms with Gasteiger partial charge in [0, 0.05) is 6.42 Å². The van der Waals surface area contributed by atoms with Crippen LogP contribution in [0.4, 0.5) is 42.5 Å². The van der Waals surface area contributed by atoms with Crippen LogP contribution in [0.1, 0.15) is 37.5 Å². The number of hydrogen-bond acceptors (Lipinski definition) is 3. The summed E-state index contributed by atoms with van der Waals surface area (Å²) in [6, 6.07) is 5.87. The van der Waals surface area contributed by atoms with Gasteiger partial charge < -0.3 is 10.1 Å². The number of rotatable bonds is 2. The number of fused-ring (bicyclic) bond motifs is 1. The molecule has 1 aliphatic rings.